The number of aromatic nitrogens is 4. The van der Waals surface area contributed by atoms with Crippen LogP contribution in [0.25, 0.3) is 16.7 Å². The molecular formula is C26H32ClFN6O3. The Labute approximate surface area is 220 Å². The molecule has 9 nitrogen and oxygen atoms in total. The number of carbonyl (C=O) groups excluding carboxylic acids is 1. The summed E-state index contributed by atoms with van der Waals surface area (Å²) in [4.78, 5) is 42.9. The molecule has 1 aliphatic heterocycles. The Balaban J connectivity index is 1.86. The number of hydrogen-bond acceptors (Lipinski definition) is 7. The van der Waals surface area contributed by atoms with Crippen LogP contribution in [0.5, 0.6) is 0 Å². The molecule has 11 heteroatoms. The lowest BCUT2D eigenvalue weighted by Gasteiger charge is -2.41. The van der Waals surface area contributed by atoms with Gasteiger partial charge in [0.25, 0.3) is 0 Å². The van der Waals surface area contributed by atoms with Crippen LogP contribution in [0.15, 0.2) is 23.1 Å². The van der Waals surface area contributed by atoms with Crippen LogP contribution in [0.1, 0.15) is 58.7 Å². The quantitative estimate of drug-likeness (QED) is 0.447. The summed E-state index contributed by atoms with van der Waals surface area (Å²) in [5.74, 6) is -0.482. The lowest BCUT2D eigenvalue weighted by atomic mass is 10.0. The molecule has 0 aliphatic carbocycles. The van der Waals surface area contributed by atoms with Gasteiger partial charge in [-0.1, -0.05) is 25.4 Å². The number of aryl methyl sites for hydroxylation is 1. The molecule has 37 heavy (non-hydrogen) atoms. The molecule has 4 rings (SSSR count). The molecule has 1 amide bonds. The third-order valence-corrected chi connectivity index (χ3v) is 6.42. The van der Waals surface area contributed by atoms with Gasteiger partial charge in [0.2, 0.25) is 0 Å². The number of fused-ring (bicyclic) bond motifs is 1. The van der Waals surface area contributed by atoms with Crippen LogP contribution in [0.2, 0.25) is 5.15 Å². The maximum Gasteiger partial charge on any atom is 0.410 e. The minimum Gasteiger partial charge on any atom is -0.444 e. The minimum absolute atomic E-state index is 0.0125. The predicted octanol–water partition coefficient (Wildman–Crippen LogP) is 4.85. The molecule has 0 saturated carbocycles. The van der Waals surface area contributed by atoms with Gasteiger partial charge in [0.05, 0.1) is 16.8 Å². The van der Waals surface area contributed by atoms with Crippen LogP contribution in [-0.4, -0.2) is 61.8 Å². The average Bonchev–Trinajstić information content (AvgIpc) is 2.77. The van der Waals surface area contributed by atoms with E-state index >= 15 is 4.39 Å². The second-order valence-corrected chi connectivity index (χ2v) is 11.1. The Hall–Kier alpha value is -3.27. The van der Waals surface area contributed by atoms with E-state index in [0.29, 0.717) is 31.0 Å². The molecule has 0 unspecified atom stereocenters. The number of rotatable bonds is 3. The van der Waals surface area contributed by atoms with Gasteiger partial charge in [0.1, 0.15) is 22.4 Å². The Morgan fingerprint density at radius 1 is 1.24 bits per heavy atom. The van der Waals surface area contributed by atoms with Crippen molar-refractivity contribution in [3.05, 3.63) is 51.0 Å². The molecule has 3 aromatic heterocycles. The van der Waals surface area contributed by atoms with Crippen molar-refractivity contribution in [2.45, 2.75) is 66.0 Å². The van der Waals surface area contributed by atoms with Crippen LogP contribution >= 0.6 is 11.6 Å². The first-order chi connectivity index (χ1) is 17.3. The molecule has 0 N–H and O–H groups in total. The van der Waals surface area contributed by atoms with Crippen LogP contribution in [0.3, 0.4) is 0 Å². The zero-order valence-corrected chi connectivity index (χ0v) is 22.9. The van der Waals surface area contributed by atoms with E-state index in [-0.39, 0.29) is 34.0 Å². The Morgan fingerprint density at radius 2 is 1.95 bits per heavy atom. The first kappa shape index (κ1) is 26.8. The van der Waals surface area contributed by atoms with Gasteiger partial charge in [-0.25, -0.2) is 23.5 Å². The number of anilines is 1. The molecule has 1 aliphatic rings. The van der Waals surface area contributed by atoms with Gasteiger partial charge in [-0.2, -0.15) is 4.98 Å². The monoisotopic (exact) mass is 530 g/mol. The minimum atomic E-state index is -0.638. The number of pyridine rings is 2. The van der Waals surface area contributed by atoms with Crippen LogP contribution < -0.4 is 10.6 Å². The Kier molecular flexibility index (Phi) is 7.16. The first-order valence-electron chi connectivity index (χ1n) is 12.3. The van der Waals surface area contributed by atoms with Crippen LogP contribution in [0, 0.1) is 12.7 Å². The van der Waals surface area contributed by atoms with Crippen molar-refractivity contribution < 1.29 is 13.9 Å². The molecule has 0 bridgehead atoms. The highest BCUT2D eigenvalue weighted by Crippen LogP contribution is 2.32. The standard InChI is InChI=1S/C26H32ClFN6O3/c1-14(2)20-21(15(3)8-9-29-20)34-23-19(17(28)12-18(27)30-23)22(31-24(34)35)33-11-10-32(13-16(33)4)25(36)37-26(5,6)7/h8-9,12,14,16H,10-11,13H2,1-7H3/t16-/m0/s1. The number of carbonyl (C=O) groups is 1. The van der Waals surface area contributed by atoms with E-state index in [1.807, 2.05) is 53.4 Å². The van der Waals surface area contributed by atoms with Crippen molar-refractivity contribution in [1.29, 1.82) is 0 Å². The maximum atomic E-state index is 15.6. The third kappa shape index (κ3) is 5.25. The molecular weight excluding hydrogens is 499 g/mol. The molecule has 198 valence electrons. The van der Waals surface area contributed by atoms with E-state index in [9.17, 15) is 9.59 Å². The fourth-order valence-electron chi connectivity index (χ4n) is 4.59. The number of ether oxygens (including phenoxy) is 1. The number of halogens is 2. The van der Waals surface area contributed by atoms with Gasteiger partial charge >= 0.3 is 11.8 Å². The fourth-order valence-corrected chi connectivity index (χ4v) is 4.76. The summed E-state index contributed by atoms with van der Waals surface area (Å²) in [6.07, 6.45) is 1.26. The first-order valence-corrected chi connectivity index (χ1v) is 12.7. The number of nitrogens with zero attached hydrogens (tertiary/aromatic N) is 6. The van der Waals surface area contributed by atoms with E-state index in [0.717, 1.165) is 11.6 Å². The molecule has 0 spiro atoms. The normalized spacial score (nSPS) is 16.5. The smallest absolute Gasteiger partial charge is 0.410 e. The van der Waals surface area contributed by atoms with Gasteiger partial charge in [0, 0.05) is 37.9 Å². The van der Waals surface area contributed by atoms with Crippen molar-refractivity contribution in [2.75, 3.05) is 24.5 Å². The maximum absolute atomic E-state index is 15.6. The zero-order chi connectivity index (χ0) is 27.2. The molecule has 1 saturated heterocycles. The Morgan fingerprint density at radius 3 is 2.57 bits per heavy atom. The largest absolute Gasteiger partial charge is 0.444 e. The second-order valence-electron chi connectivity index (χ2n) is 10.7. The highest BCUT2D eigenvalue weighted by molar-refractivity contribution is 6.29. The van der Waals surface area contributed by atoms with Gasteiger partial charge in [-0.05, 0) is 52.2 Å². The van der Waals surface area contributed by atoms with Crippen molar-refractivity contribution >= 4 is 34.5 Å². The topological polar surface area (TPSA) is 93.5 Å². The SMILES string of the molecule is Cc1ccnc(C(C)C)c1-n1c(=O)nc(N2CCN(C(=O)OC(C)(C)C)C[C@@H]2C)c2c(F)cc(Cl)nc21. The molecule has 4 heterocycles. The number of piperazine rings is 1. The highest BCUT2D eigenvalue weighted by Gasteiger charge is 2.33. The Bertz CT molecular complexity index is 1420. The number of amides is 1. The average molecular weight is 531 g/mol. The summed E-state index contributed by atoms with van der Waals surface area (Å²) in [6, 6.07) is 2.63. The van der Waals surface area contributed by atoms with Crippen molar-refractivity contribution in [1.82, 2.24) is 24.4 Å². The van der Waals surface area contributed by atoms with Crippen molar-refractivity contribution in [2.24, 2.45) is 0 Å². The van der Waals surface area contributed by atoms with Gasteiger partial charge in [-0.3, -0.25) is 4.98 Å². The van der Waals surface area contributed by atoms with E-state index in [4.69, 9.17) is 16.3 Å². The summed E-state index contributed by atoms with van der Waals surface area (Å²) < 4.78 is 22.4. The molecule has 0 aromatic carbocycles. The molecule has 0 radical (unpaired) electrons. The van der Waals surface area contributed by atoms with E-state index in [1.54, 1.807) is 17.2 Å². The summed E-state index contributed by atoms with van der Waals surface area (Å²) in [5, 5.41) is 0.00487. The zero-order valence-electron chi connectivity index (χ0n) is 22.2. The second kappa shape index (κ2) is 9.89. The summed E-state index contributed by atoms with van der Waals surface area (Å²) in [5.41, 5.74) is 0.796. The molecule has 3 aromatic rings. The third-order valence-electron chi connectivity index (χ3n) is 6.23. The van der Waals surface area contributed by atoms with Crippen LogP contribution in [0.4, 0.5) is 15.0 Å². The van der Waals surface area contributed by atoms with Gasteiger partial charge < -0.3 is 14.5 Å². The molecule has 1 fully saturated rings. The van der Waals surface area contributed by atoms with E-state index in [2.05, 4.69) is 15.0 Å². The van der Waals surface area contributed by atoms with Gasteiger partial charge in [0.15, 0.2) is 5.65 Å². The van der Waals surface area contributed by atoms with E-state index in [1.165, 1.54) is 4.57 Å². The summed E-state index contributed by atoms with van der Waals surface area (Å²) in [6.45, 7) is 14.1. The highest BCUT2D eigenvalue weighted by atomic mass is 35.5. The lowest BCUT2D eigenvalue weighted by Crippen LogP contribution is -2.55. The van der Waals surface area contributed by atoms with Crippen molar-refractivity contribution in [3.63, 3.8) is 0 Å². The van der Waals surface area contributed by atoms with Crippen molar-refractivity contribution in [3.8, 4) is 5.69 Å². The summed E-state index contributed by atoms with van der Waals surface area (Å²) in [7, 11) is 0. The van der Waals surface area contributed by atoms with Crippen LogP contribution in [-0.2, 0) is 4.74 Å². The number of hydrogen-bond donors (Lipinski definition) is 0. The molecule has 1 atom stereocenters. The predicted molar refractivity (Wildman–Crippen MR) is 141 cm³/mol. The lowest BCUT2D eigenvalue weighted by molar-refractivity contribution is 0.0218. The summed E-state index contributed by atoms with van der Waals surface area (Å²) >= 11 is 6.18. The fraction of sp³-hybridized carbons (Fsp3) is 0.500. The van der Waals surface area contributed by atoms with Gasteiger partial charge in [-0.15, -0.1) is 0 Å². The van der Waals surface area contributed by atoms with E-state index < -0.39 is 23.2 Å².